The van der Waals surface area contributed by atoms with Gasteiger partial charge >= 0.3 is 5.97 Å². The van der Waals surface area contributed by atoms with Crippen molar-refractivity contribution < 1.29 is 19.2 Å². The Morgan fingerprint density at radius 2 is 1.81 bits per heavy atom. The van der Waals surface area contributed by atoms with Crippen LogP contribution in [0.5, 0.6) is 5.75 Å². The molecular formula is C28H32N4O4. The molecule has 2 heterocycles. The second-order valence-corrected chi connectivity index (χ2v) is 10.5. The highest BCUT2D eigenvalue weighted by Crippen LogP contribution is 2.31. The Morgan fingerprint density at radius 3 is 2.44 bits per heavy atom. The molecule has 4 rings (SSSR count). The largest absolute Gasteiger partial charge is 0.490 e. The number of hydrogen-bond donors (Lipinski definition) is 1. The Morgan fingerprint density at radius 1 is 1.11 bits per heavy atom. The molecule has 1 aliphatic rings. The molecule has 0 saturated carbocycles. The highest BCUT2D eigenvalue weighted by atomic mass is 16.5. The number of ether oxygens (including phenoxy) is 1. The molecular weight excluding hydrogens is 456 g/mol. The molecule has 1 aromatic heterocycles. The monoisotopic (exact) mass is 488 g/mol. The van der Waals surface area contributed by atoms with Crippen molar-refractivity contribution in [2.24, 2.45) is 5.41 Å². The van der Waals surface area contributed by atoms with Crippen LogP contribution in [-0.4, -0.2) is 51.4 Å². The molecule has 1 aliphatic heterocycles. The fourth-order valence-electron chi connectivity index (χ4n) is 4.78. The number of hydrogen-bond acceptors (Lipinski definition) is 7. The van der Waals surface area contributed by atoms with Crippen molar-refractivity contribution in [3.05, 3.63) is 53.1 Å². The maximum absolute atomic E-state index is 12.0. The molecule has 1 N–H and O–H groups in total. The molecule has 1 atom stereocenters. The van der Waals surface area contributed by atoms with E-state index in [4.69, 9.17) is 9.26 Å². The third-order valence-electron chi connectivity index (χ3n) is 6.36. The molecule has 0 amide bonds. The van der Waals surface area contributed by atoms with Gasteiger partial charge in [0.25, 0.3) is 5.89 Å². The van der Waals surface area contributed by atoms with Gasteiger partial charge in [0, 0.05) is 24.2 Å². The first-order chi connectivity index (χ1) is 17.1. The quantitative estimate of drug-likeness (QED) is 0.518. The van der Waals surface area contributed by atoms with Crippen molar-refractivity contribution >= 4 is 5.97 Å². The topological polar surface area (TPSA) is 112 Å². The molecule has 0 saturated heterocycles. The predicted octanol–water partition coefficient (Wildman–Crippen LogP) is 4.96. The van der Waals surface area contributed by atoms with E-state index in [0.29, 0.717) is 41.7 Å². The van der Waals surface area contributed by atoms with E-state index in [1.54, 1.807) is 18.2 Å². The second-order valence-electron chi connectivity index (χ2n) is 10.5. The highest BCUT2D eigenvalue weighted by molar-refractivity contribution is 5.74. The zero-order valence-corrected chi connectivity index (χ0v) is 21.4. The van der Waals surface area contributed by atoms with Crippen LogP contribution in [0.2, 0.25) is 0 Å². The summed E-state index contributed by atoms with van der Waals surface area (Å²) in [6.07, 6.45) is 1.49. The van der Waals surface area contributed by atoms with E-state index < -0.39 is 12.0 Å². The maximum atomic E-state index is 12.0. The number of nitriles is 1. The van der Waals surface area contributed by atoms with Crippen molar-refractivity contribution in [3.63, 3.8) is 0 Å². The zero-order valence-electron chi connectivity index (χ0n) is 21.4. The normalized spacial score (nSPS) is 15.1. The van der Waals surface area contributed by atoms with Crippen LogP contribution in [0.4, 0.5) is 0 Å². The number of aromatic nitrogens is 2. The van der Waals surface area contributed by atoms with Gasteiger partial charge < -0.3 is 14.4 Å². The van der Waals surface area contributed by atoms with E-state index in [1.807, 2.05) is 40.7 Å². The summed E-state index contributed by atoms with van der Waals surface area (Å²) in [6, 6.07) is 13.0. The van der Waals surface area contributed by atoms with Gasteiger partial charge in [-0.05, 0) is 67.5 Å². The minimum absolute atomic E-state index is 0.0401. The lowest BCUT2D eigenvalue weighted by atomic mass is 9.85. The van der Waals surface area contributed by atoms with Gasteiger partial charge in [-0.15, -0.1) is 0 Å². The summed E-state index contributed by atoms with van der Waals surface area (Å²) < 4.78 is 11.2. The van der Waals surface area contributed by atoms with Gasteiger partial charge in [-0.2, -0.15) is 10.2 Å². The van der Waals surface area contributed by atoms with Crippen LogP contribution in [0.3, 0.4) is 0 Å². The summed E-state index contributed by atoms with van der Waals surface area (Å²) in [4.78, 5) is 18.7. The summed E-state index contributed by atoms with van der Waals surface area (Å²) in [5, 5.41) is 23.5. The summed E-state index contributed by atoms with van der Waals surface area (Å²) in [5.74, 6) is 0.533. The minimum atomic E-state index is -0.781. The first-order valence-corrected chi connectivity index (χ1v) is 12.2. The molecule has 8 nitrogen and oxygen atoms in total. The van der Waals surface area contributed by atoms with Crippen LogP contribution in [0.15, 0.2) is 40.9 Å². The predicted molar refractivity (Wildman–Crippen MR) is 136 cm³/mol. The summed E-state index contributed by atoms with van der Waals surface area (Å²) in [6.45, 7) is 11.1. The maximum Gasteiger partial charge on any atom is 0.321 e. The third kappa shape index (κ3) is 5.42. The number of nitrogens with zero attached hydrogens (tertiary/aromatic N) is 4. The van der Waals surface area contributed by atoms with Gasteiger partial charge in [0.2, 0.25) is 5.82 Å². The molecule has 36 heavy (non-hydrogen) atoms. The van der Waals surface area contributed by atoms with E-state index in [2.05, 4.69) is 33.2 Å². The van der Waals surface area contributed by atoms with Crippen LogP contribution < -0.4 is 4.74 Å². The number of carboxylic acid groups (broad SMARTS) is 1. The van der Waals surface area contributed by atoms with Crippen molar-refractivity contribution in [2.75, 3.05) is 13.1 Å². The van der Waals surface area contributed by atoms with Crippen LogP contribution >= 0.6 is 0 Å². The van der Waals surface area contributed by atoms with E-state index in [1.165, 1.54) is 11.1 Å². The van der Waals surface area contributed by atoms with Crippen molar-refractivity contribution in [2.45, 2.75) is 59.6 Å². The molecule has 0 bridgehead atoms. The van der Waals surface area contributed by atoms with Crippen molar-refractivity contribution in [1.29, 1.82) is 5.26 Å². The van der Waals surface area contributed by atoms with E-state index in [-0.39, 0.29) is 11.5 Å². The number of carbonyl (C=O) groups is 1. The lowest BCUT2D eigenvalue weighted by Gasteiger charge is -2.36. The average molecular weight is 489 g/mol. The fraction of sp³-hybridized carbons (Fsp3) is 0.429. The van der Waals surface area contributed by atoms with Crippen LogP contribution in [0.1, 0.15) is 51.3 Å². The zero-order chi connectivity index (χ0) is 26.0. The van der Waals surface area contributed by atoms with E-state index >= 15 is 0 Å². The number of rotatable bonds is 6. The van der Waals surface area contributed by atoms with Gasteiger partial charge in [0.05, 0.1) is 11.7 Å². The lowest BCUT2D eigenvalue weighted by molar-refractivity contribution is -0.147. The van der Waals surface area contributed by atoms with Crippen LogP contribution in [-0.2, 0) is 17.6 Å². The van der Waals surface area contributed by atoms with E-state index in [0.717, 1.165) is 18.4 Å². The molecule has 0 aliphatic carbocycles. The number of aliphatic carboxylic acids is 1. The first-order valence-electron chi connectivity index (χ1n) is 12.2. The second kappa shape index (κ2) is 10.1. The van der Waals surface area contributed by atoms with Gasteiger partial charge in [-0.1, -0.05) is 38.1 Å². The Labute approximate surface area is 211 Å². The average Bonchev–Trinajstić information content (AvgIpc) is 3.21. The molecule has 3 aromatic rings. The Kier molecular flexibility index (Phi) is 7.14. The van der Waals surface area contributed by atoms with Gasteiger partial charge in [0.1, 0.15) is 17.9 Å². The Bertz CT molecular complexity index is 1300. The summed E-state index contributed by atoms with van der Waals surface area (Å²) in [5.41, 5.74) is 3.91. The molecule has 8 heteroatoms. The van der Waals surface area contributed by atoms with Gasteiger partial charge in [0.15, 0.2) is 0 Å². The highest BCUT2D eigenvalue weighted by Gasteiger charge is 2.37. The minimum Gasteiger partial charge on any atom is -0.490 e. The third-order valence-corrected chi connectivity index (χ3v) is 6.36. The van der Waals surface area contributed by atoms with Crippen LogP contribution in [0.25, 0.3) is 22.8 Å². The summed E-state index contributed by atoms with van der Waals surface area (Å²) >= 11 is 0. The molecule has 0 fully saturated rings. The number of fused-ring (bicyclic) bond motifs is 1. The van der Waals surface area contributed by atoms with E-state index in [9.17, 15) is 15.2 Å². The standard InChI is InChI=1S/C28H32N4O4/c1-17(2)35-23-9-8-21(15-22(23)16-29)26-30-25(31-36-26)20-7-6-18-10-12-32(13-11-19(18)14-20)24(27(33)34)28(3,4)5/h6-9,14-15,17,24H,10-13H2,1-5H3,(H,33,34). The fourth-order valence-corrected chi connectivity index (χ4v) is 4.78. The van der Waals surface area contributed by atoms with Crippen LogP contribution in [0, 0.1) is 16.7 Å². The Hall–Kier alpha value is -3.70. The molecule has 2 aromatic carbocycles. The van der Waals surface area contributed by atoms with Gasteiger partial charge in [-0.3, -0.25) is 9.69 Å². The first kappa shape index (κ1) is 25.4. The van der Waals surface area contributed by atoms with Crippen molar-refractivity contribution in [1.82, 2.24) is 15.0 Å². The molecule has 0 spiro atoms. The lowest BCUT2D eigenvalue weighted by Crippen LogP contribution is -2.50. The smallest absolute Gasteiger partial charge is 0.321 e. The number of benzene rings is 2. The molecule has 1 unspecified atom stereocenters. The molecule has 188 valence electrons. The SMILES string of the molecule is CC(C)Oc1ccc(-c2nc(-c3ccc4c(c3)CCN(C(C(=O)O)C(C)(C)C)CC4)no2)cc1C#N. The molecule has 0 radical (unpaired) electrons. The Balaban J connectivity index is 1.55. The van der Waals surface area contributed by atoms with Gasteiger partial charge in [-0.25, -0.2) is 0 Å². The summed E-state index contributed by atoms with van der Waals surface area (Å²) in [7, 11) is 0. The number of carboxylic acids is 1. The van der Waals surface area contributed by atoms with Crippen molar-refractivity contribution in [3.8, 4) is 34.7 Å².